The Balaban J connectivity index is 1.39. The molecule has 0 aromatic heterocycles. The molecule has 0 saturated heterocycles. The van der Waals surface area contributed by atoms with Gasteiger partial charge in [0.15, 0.2) is 23.0 Å². The van der Waals surface area contributed by atoms with Crippen molar-refractivity contribution in [2.45, 2.75) is 5.41 Å². The zero-order valence-corrected chi connectivity index (χ0v) is 17.8. The number of carbonyl (C=O) groups is 1. The third-order valence-electron chi connectivity index (χ3n) is 6.58. The molecule has 33 heavy (non-hydrogen) atoms. The van der Waals surface area contributed by atoms with Crippen LogP contribution in [0.1, 0.15) is 11.1 Å². The van der Waals surface area contributed by atoms with Crippen LogP contribution in [0.2, 0.25) is 0 Å². The molecule has 1 spiro atoms. The molecule has 8 heteroatoms. The Morgan fingerprint density at radius 3 is 2.52 bits per heavy atom. The smallest absolute Gasteiger partial charge is 0.245 e. The van der Waals surface area contributed by atoms with Crippen LogP contribution >= 0.6 is 0 Å². The zero-order chi connectivity index (χ0) is 22.2. The number of rotatable bonds is 2. The molecule has 0 fully saturated rings. The molecule has 3 aromatic carbocycles. The van der Waals surface area contributed by atoms with E-state index >= 15 is 0 Å². The van der Waals surface area contributed by atoms with E-state index in [1.807, 2.05) is 42.5 Å². The highest BCUT2D eigenvalue weighted by atomic mass is 16.7. The number of likely N-dealkylation sites (N-methyl/N-ethyl adjacent to an activating group) is 1. The second-order valence-corrected chi connectivity index (χ2v) is 8.32. The zero-order valence-electron chi connectivity index (χ0n) is 17.8. The third kappa shape index (κ3) is 2.43. The second kappa shape index (κ2) is 6.48. The second-order valence-electron chi connectivity index (χ2n) is 8.32. The van der Waals surface area contributed by atoms with E-state index in [1.165, 1.54) is 0 Å². The van der Waals surface area contributed by atoms with E-state index in [9.17, 15) is 4.79 Å². The van der Waals surface area contributed by atoms with Crippen LogP contribution in [0.15, 0.2) is 48.5 Å². The van der Waals surface area contributed by atoms with Gasteiger partial charge in [0, 0.05) is 30.3 Å². The lowest BCUT2D eigenvalue weighted by molar-refractivity contribution is -0.121. The van der Waals surface area contributed by atoms with Gasteiger partial charge in [0.2, 0.25) is 12.7 Å². The largest absolute Gasteiger partial charge is 0.491 e. The molecular weight excluding hydrogens is 426 g/mol. The topological polar surface area (TPSA) is 75.7 Å². The number of nitrogens with zero attached hydrogens (tertiary/aromatic N) is 1. The number of fused-ring (bicyclic) bond motifs is 6. The van der Waals surface area contributed by atoms with Crippen molar-refractivity contribution in [3.8, 4) is 40.2 Å². The first-order chi connectivity index (χ1) is 16.1. The Labute approximate surface area is 189 Å². The van der Waals surface area contributed by atoms with Crippen molar-refractivity contribution >= 4 is 11.6 Å². The lowest BCUT2D eigenvalue weighted by Gasteiger charge is -2.25. The first kappa shape index (κ1) is 18.5. The quantitative estimate of drug-likeness (QED) is 0.596. The lowest BCUT2D eigenvalue weighted by Crippen LogP contribution is -2.41. The highest BCUT2D eigenvalue weighted by Crippen LogP contribution is 2.57. The maximum atomic E-state index is 13.8. The minimum Gasteiger partial charge on any atom is -0.491 e. The summed E-state index contributed by atoms with van der Waals surface area (Å²) in [5, 5.41) is 0. The molecule has 0 saturated carbocycles. The average Bonchev–Trinajstić information content (AvgIpc) is 3.51. The molecule has 166 valence electrons. The molecule has 4 aliphatic rings. The highest BCUT2D eigenvalue weighted by molar-refractivity contribution is 6.12. The van der Waals surface area contributed by atoms with Gasteiger partial charge in [-0.2, -0.15) is 0 Å². The van der Waals surface area contributed by atoms with Crippen LogP contribution in [0.4, 0.5) is 5.69 Å². The predicted octanol–water partition coefficient (Wildman–Crippen LogP) is 3.63. The first-order valence-electron chi connectivity index (χ1n) is 10.7. The molecule has 1 atom stereocenters. The van der Waals surface area contributed by atoms with Gasteiger partial charge in [-0.3, -0.25) is 4.79 Å². The van der Waals surface area contributed by atoms with Crippen molar-refractivity contribution < 1.29 is 33.2 Å². The molecule has 1 unspecified atom stereocenters. The van der Waals surface area contributed by atoms with Gasteiger partial charge < -0.3 is 33.3 Å². The molecule has 0 radical (unpaired) electrons. The number of amides is 1. The number of carbonyl (C=O) groups excluding carboxylic acids is 1. The Morgan fingerprint density at radius 1 is 0.848 bits per heavy atom. The molecule has 7 rings (SSSR count). The van der Waals surface area contributed by atoms with Crippen molar-refractivity contribution in [1.82, 2.24) is 0 Å². The van der Waals surface area contributed by atoms with Gasteiger partial charge in [-0.15, -0.1) is 0 Å². The van der Waals surface area contributed by atoms with Crippen LogP contribution in [0.5, 0.6) is 40.2 Å². The summed E-state index contributed by atoms with van der Waals surface area (Å²) < 4.78 is 34.8. The Hall–Kier alpha value is -4.07. The Kier molecular flexibility index (Phi) is 3.63. The fraction of sp³-hybridized carbons (Fsp3) is 0.240. The fourth-order valence-electron chi connectivity index (χ4n) is 5.05. The lowest BCUT2D eigenvalue weighted by atomic mass is 9.76. The van der Waals surface area contributed by atoms with Crippen LogP contribution in [0.3, 0.4) is 0 Å². The van der Waals surface area contributed by atoms with Gasteiger partial charge >= 0.3 is 0 Å². The predicted molar refractivity (Wildman–Crippen MR) is 116 cm³/mol. The van der Waals surface area contributed by atoms with Crippen LogP contribution in [0.25, 0.3) is 0 Å². The molecule has 0 bridgehead atoms. The standard InChI is InChI=1S/C25H19NO7/c1-26-16-3-2-4-18(33-14-5-6-17-20(9-14)32-13-31-17)23(16)25(24(26)27)12-30-19-11-22-21(10-15(19)25)28-7-8-29-22/h2-6,9-11H,7-8,12-13H2,1H3. The van der Waals surface area contributed by atoms with Gasteiger partial charge in [-0.1, -0.05) is 6.07 Å². The molecule has 3 aromatic rings. The molecule has 1 amide bonds. The Bertz CT molecular complexity index is 1340. The van der Waals surface area contributed by atoms with E-state index in [0.717, 1.165) is 16.8 Å². The Morgan fingerprint density at radius 2 is 1.64 bits per heavy atom. The number of hydrogen-bond acceptors (Lipinski definition) is 7. The monoisotopic (exact) mass is 445 g/mol. The molecule has 0 N–H and O–H groups in total. The SMILES string of the molecule is CN1C(=O)C2(COc3cc4c(cc32)OCCO4)c2c(Oc3ccc4c(c3)OCO4)cccc21. The van der Waals surface area contributed by atoms with E-state index in [-0.39, 0.29) is 19.3 Å². The van der Waals surface area contributed by atoms with Crippen molar-refractivity contribution in [2.75, 3.05) is 38.6 Å². The van der Waals surface area contributed by atoms with E-state index in [0.29, 0.717) is 53.5 Å². The summed E-state index contributed by atoms with van der Waals surface area (Å²) in [7, 11) is 1.77. The summed E-state index contributed by atoms with van der Waals surface area (Å²) in [5.41, 5.74) is 1.27. The number of hydrogen-bond donors (Lipinski definition) is 0. The van der Waals surface area contributed by atoms with Crippen LogP contribution < -0.4 is 33.3 Å². The van der Waals surface area contributed by atoms with Gasteiger partial charge in [0.25, 0.3) is 0 Å². The molecule has 0 aliphatic carbocycles. The highest BCUT2D eigenvalue weighted by Gasteiger charge is 2.58. The molecule has 4 heterocycles. The van der Waals surface area contributed by atoms with E-state index in [2.05, 4.69) is 0 Å². The minimum absolute atomic E-state index is 0.0744. The van der Waals surface area contributed by atoms with Gasteiger partial charge in [-0.05, 0) is 30.3 Å². The summed E-state index contributed by atoms with van der Waals surface area (Å²) in [5.74, 6) is 4.25. The normalized spacial score (nSPS) is 21.1. The van der Waals surface area contributed by atoms with Crippen LogP contribution in [-0.4, -0.2) is 39.6 Å². The maximum Gasteiger partial charge on any atom is 0.245 e. The number of benzene rings is 3. The number of ether oxygens (including phenoxy) is 6. The van der Waals surface area contributed by atoms with E-state index in [1.54, 1.807) is 18.0 Å². The summed E-state index contributed by atoms with van der Waals surface area (Å²) in [4.78, 5) is 15.4. The van der Waals surface area contributed by atoms with Gasteiger partial charge in [-0.25, -0.2) is 0 Å². The summed E-state index contributed by atoms with van der Waals surface area (Å²) >= 11 is 0. The molecule has 4 aliphatic heterocycles. The average molecular weight is 445 g/mol. The maximum absolute atomic E-state index is 13.8. The minimum atomic E-state index is -1.04. The van der Waals surface area contributed by atoms with Crippen molar-refractivity contribution in [1.29, 1.82) is 0 Å². The van der Waals surface area contributed by atoms with Gasteiger partial charge in [0.1, 0.15) is 42.5 Å². The van der Waals surface area contributed by atoms with Gasteiger partial charge in [0.05, 0.1) is 5.69 Å². The van der Waals surface area contributed by atoms with Crippen molar-refractivity contribution in [3.63, 3.8) is 0 Å². The van der Waals surface area contributed by atoms with Crippen LogP contribution in [-0.2, 0) is 10.2 Å². The third-order valence-corrected chi connectivity index (χ3v) is 6.58. The summed E-state index contributed by atoms with van der Waals surface area (Å²) in [6, 6.07) is 14.8. The van der Waals surface area contributed by atoms with E-state index < -0.39 is 5.41 Å². The van der Waals surface area contributed by atoms with Crippen molar-refractivity contribution in [3.05, 3.63) is 59.7 Å². The molecular formula is C25H19NO7. The van der Waals surface area contributed by atoms with Crippen molar-refractivity contribution in [2.24, 2.45) is 0 Å². The van der Waals surface area contributed by atoms with Crippen LogP contribution in [0, 0.1) is 0 Å². The number of anilines is 1. The summed E-state index contributed by atoms with van der Waals surface area (Å²) in [6.07, 6.45) is 0. The molecule has 8 nitrogen and oxygen atoms in total. The van der Waals surface area contributed by atoms with E-state index in [4.69, 9.17) is 28.4 Å². The summed E-state index contributed by atoms with van der Waals surface area (Å²) in [6.45, 7) is 1.30. The fourth-order valence-corrected chi connectivity index (χ4v) is 5.05. The first-order valence-corrected chi connectivity index (χ1v) is 10.7.